The second kappa shape index (κ2) is 4.68. The molecule has 0 aliphatic carbocycles. The zero-order valence-electron chi connectivity index (χ0n) is 10.0. The third-order valence-corrected chi connectivity index (χ3v) is 4.22. The minimum atomic E-state index is -0.223. The molecule has 2 amide bonds. The van der Waals surface area contributed by atoms with Crippen molar-refractivity contribution in [2.75, 3.05) is 13.1 Å². The molecule has 0 aromatic carbocycles. The van der Waals surface area contributed by atoms with Crippen LogP contribution in [0, 0.1) is 0 Å². The first kappa shape index (κ1) is 11.6. The van der Waals surface area contributed by atoms with E-state index in [2.05, 4.69) is 4.98 Å². The summed E-state index contributed by atoms with van der Waals surface area (Å²) in [6, 6.07) is -0.223. The van der Waals surface area contributed by atoms with Gasteiger partial charge in [-0.3, -0.25) is 9.59 Å². The van der Waals surface area contributed by atoms with Crippen molar-refractivity contribution in [3.63, 3.8) is 0 Å². The number of rotatable bonds is 2. The minimum Gasteiger partial charge on any atom is -0.329 e. The Labute approximate surface area is 109 Å². The van der Waals surface area contributed by atoms with Gasteiger partial charge in [-0.1, -0.05) is 0 Å². The van der Waals surface area contributed by atoms with Crippen molar-refractivity contribution in [2.45, 2.75) is 31.8 Å². The molecule has 5 nitrogen and oxygen atoms in total. The van der Waals surface area contributed by atoms with Crippen LogP contribution in [0.2, 0.25) is 0 Å². The van der Waals surface area contributed by atoms with E-state index in [1.54, 1.807) is 15.3 Å². The first-order chi connectivity index (χ1) is 8.75. The lowest BCUT2D eigenvalue weighted by Crippen LogP contribution is -2.60. The number of hydrogen-bond acceptors (Lipinski definition) is 4. The molecule has 3 heterocycles. The maximum absolute atomic E-state index is 12.3. The van der Waals surface area contributed by atoms with E-state index in [4.69, 9.17) is 0 Å². The molecule has 2 saturated heterocycles. The Bertz CT molecular complexity index is 460. The van der Waals surface area contributed by atoms with Crippen LogP contribution in [0.1, 0.15) is 25.0 Å². The van der Waals surface area contributed by atoms with Gasteiger partial charge in [0.1, 0.15) is 12.6 Å². The van der Waals surface area contributed by atoms with Crippen molar-refractivity contribution in [2.24, 2.45) is 0 Å². The molecule has 1 unspecified atom stereocenters. The highest BCUT2D eigenvalue weighted by Gasteiger charge is 2.40. The second-order valence-electron chi connectivity index (χ2n) is 4.77. The van der Waals surface area contributed by atoms with Crippen molar-refractivity contribution >= 4 is 23.2 Å². The third-order valence-electron chi connectivity index (χ3n) is 3.58. The lowest BCUT2D eigenvalue weighted by molar-refractivity contribution is -0.158. The smallest absolute Gasteiger partial charge is 0.246 e. The highest BCUT2D eigenvalue weighted by molar-refractivity contribution is 7.07. The van der Waals surface area contributed by atoms with Crippen molar-refractivity contribution in [3.8, 4) is 0 Å². The topological polar surface area (TPSA) is 53.5 Å². The number of carbonyl (C=O) groups is 2. The molecular formula is C12H15N3O2S. The number of thiazole rings is 1. The van der Waals surface area contributed by atoms with Crippen LogP contribution < -0.4 is 0 Å². The Morgan fingerprint density at radius 3 is 3.06 bits per heavy atom. The molecule has 3 rings (SSSR count). The van der Waals surface area contributed by atoms with Gasteiger partial charge in [0.05, 0.1) is 17.7 Å². The molecular weight excluding hydrogens is 250 g/mol. The molecule has 96 valence electrons. The third kappa shape index (κ3) is 2.01. The Kier molecular flexibility index (Phi) is 3.03. The SMILES string of the molecule is O=C1C2CCCCN2C(=O)CN1Cc1cscn1. The van der Waals surface area contributed by atoms with E-state index in [-0.39, 0.29) is 24.4 Å². The van der Waals surface area contributed by atoms with Gasteiger partial charge in [-0.2, -0.15) is 0 Å². The number of piperidine rings is 1. The normalized spacial score (nSPS) is 24.3. The Morgan fingerprint density at radius 1 is 1.39 bits per heavy atom. The van der Waals surface area contributed by atoms with Gasteiger partial charge < -0.3 is 9.80 Å². The number of carbonyl (C=O) groups excluding carboxylic acids is 2. The summed E-state index contributed by atoms with van der Waals surface area (Å²) in [5.41, 5.74) is 2.61. The van der Waals surface area contributed by atoms with Crippen molar-refractivity contribution in [1.29, 1.82) is 0 Å². The van der Waals surface area contributed by atoms with E-state index < -0.39 is 0 Å². The number of hydrogen-bond donors (Lipinski definition) is 0. The second-order valence-corrected chi connectivity index (χ2v) is 5.49. The van der Waals surface area contributed by atoms with Gasteiger partial charge in [0, 0.05) is 11.9 Å². The van der Waals surface area contributed by atoms with Gasteiger partial charge in [-0.25, -0.2) is 4.98 Å². The molecule has 2 aliphatic rings. The summed E-state index contributed by atoms with van der Waals surface area (Å²) in [5.74, 6) is 0.164. The molecule has 0 N–H and O–H groups in total. The van der Waals surface area contributed by atoms with Gasteiger partial charge in [0.25, 0.3) is 0 Å². The lowest BCUT2D eigenvalue weighted by Gasteiger charge is -2.42. The van der Waals surface area contributed by atoms with Crippen molar-refractivity contribution in [3.05, 3.63) is 16.6 Å². The molecule has 6 heteroatoms. The monoisotopic (exact) mass is 265 g/mol. The van der Waals surface area contributed by atoms with E-state index in [0.29, 0.717) is 6.54 Å². The maximum atomic E-state index is 12.3. The summed E-state index contributed by atoms with van der Waals surface area (Å²) in [5, 5.41) is 1.92. The molecule has 1 aromatic heterocycles. The molecule has 2 fully saturated rings. The van der Waals surface area contributed by atoms with Crippen LogP contribution in [0.15, 0.2) is 10.9 Å². The van der Waals surface area contributed by atoms with Crippen LogP contribution in [-0.2, 0) is 16.1 Å². The minimum absolute atomic E-state index is 0.0783. The number of amides is 2. The summed E-state index contributed by atoms with van der Waals surface area (Å²) < 4.78 is 0. The van der Waals surface area contributed by atoms with E-state index in [1.807, 2.05) is 5.38 Å². The Morgan fingerprint density at radius 2 is 2.28 bits per heavy atom. The van der Waals surface area contributed by atoms with Gasteiger partial charge in [-0.15, -0.1) is 11.3 Å². The molecule has 0 spiro atoms. The molecule has 0 bridgehead atoms. The van der Waals surface area contributed by atoms with Gasteiger partial charge in [0.15, 0.2) is 0 Å². The van der Waals surface area contributed by atoms with Crippen LogP contribution >= 0.6 is 11.3 Å². The molecule has 18 heavy (non-hydrogen) atoms. The summed E-state index contributed by atoms with van der Waals surface area (Å²) in [6.45, 7) is 1.39. The van der Waals surface area contributed by atoms with E-state index in [9.17, 15) is 9.59 Å². The fraction of sp³-hybridized carbons (Fsp3) is 0.583. The standard InChI is InChI=1S/C12H15N3O2S/c16-11-6-14(5-9-7-18-8-13-9)12(17)10-3-1-2-4-15(10)11/h7-8,10H,1-6H2. The fourth-order valence-corrected chi connectivity index (χ4v) is 3.22. The van der Waals surface area contributed by atoms with Crippen LogP contribution in [0.25, 0.3) is 0 Å². The quantitative estimate of drug-likeness (QED) is 0.797. The average Bonchev–Trinajstić information content (AvgIpc) is 2.89. The van der Waals surface area contributed by atoms with E-state index in [1.165, 1.54) is 11.3 Å². The molecule has 0 radical (unpaired) electrons. The largest absolute Gasteiger partial charge is 0.329 e. The van der Waals surface area contributed by atoms with E-state index in [0.717, 1.165) is 31.5 Å². The first-order valence-corrected chi connectivity index (χ1v) is 7.15. The molecule has 0 saturated carbocycles. The Balaban J connectivity index is 1.76. The van der Waals surface area contributed by atoms with Crippen LogP contribution in [0.3, 0.4) is 0 Å². The van der Waals surface area contributed by atoms with Crippen LogP contribution in [-0.4, -0.2) is 45.7 Å². The van der Waals surface area contributed by atoms with Gasteiger partial charge in [-0.05, 0) is 19.3 Å². The summed E-state index contributed by atoms with van der Waals surface area (Å²) in [6.07, 6.45) is 2.85. The van der Waals surface area contributed by atoms with Crippen molar-refractivity contribution < 1.29 is 9.59 Å². The highest BCUT2D eigenvalue weighted by atomic mass is 32.1. The van der Waals surface area contributed by atoms with Crippen LogP contribution in [0.5, 0.6) is 0 Å². The van der Waals surface area contributed by atoms with Gasteiger partial charge >= 0.3 is 0 Å². The lowest BCUT2D eigenvalue weighted by atomic mass is 9.98. The molecule has 1 aromatic rings. The highest BCUT2D eigenvalue weighted by Crippen LogP contribution is 2.24. The first-order valence-electron chi connectivity index (χ1n) is 6.21. The maximum Gasteiger partial charge on any atom is 0.246 e. The zero-order valence-corrected chi connectivity index (χ0v) is 10.9. The average molecular weight is 265 g/mol. The number of aromatic nitrogens is 1. The zero-order chi connectivity index (χ0) is 12.5. The van der Waals surface area contributed by atoms with Crippen LogP contribution in [0.4, 0.5) is 0 Å². The van der Waals surface area contributed by atoms with Gasteiger partial charge in [0.2, 0.25) is 11.8 Å². The van der Waals surface area contributed by atoms with E-state index >= 15 is 0 Å². The fourth-order valence-electron chi connectivity index (χ4n) is 2.67. The predicted molar refractivity (Wildman–Crippen MR) is 66.9 cm³/mol. The number of piperazine rings is 1. The number of nitrogens with zero attached hydrogens (tertiary/aromatic N) is 3. The predicted octanol–water partition coefficient (Wildman–Crippen LogP) is 0.866. The Hall–Kier alpha value is -1.43. The number of fused-ring (bicyclic) bond motifs is 1. The molecule has 2 aliphatic heterocycles. The molecule has 1 atom stereocenters. The summed E-state index contributed by atoms with van der Waals surface area (Å²) >= 11 is 1.51. The summed E-state index contributed by atoms with van der Waals surface area (Å²) in [7, 11) is 0. The van der Waals surface area contributed by atoms with Crippen molar-refractivity contribution in [1.82, 2.24) is 14.8 Å². The summed E-state index contributed by atoms with van der Waals surface area (Å²) in [4.78, 5) is 31.9.